The van der Waals surface area contributed by atoms with Crippen molar-refractivity contribution in [1.29, 1.82) is 0 Å². The van der Waals surface area contributed by atoms with E-state index in [1.807, 2.05) is 52.9 Å². The van der Waals surface area contributed by atoms with E-state index in [1.165, 1.54) is 5.56 Å². The molecule has 0 heterocycles. The van der Waals surface area contributed by atoms with Crippen LogP contribution in [0.3, 0.4) is 0 Å². The molecule has 0 radical (unpaired) electrons. The number of rotatable bonds is 5. The highest BCUT2D eigenvalue weighted by Crippen LogP contribution is 2.07. The fourth-order valence-corrected chi connectivity index (χ4v) is 1.98. The fourth-order valence-electron chi connectivity index (χ4n) is 1.98. The second kappa shape index (κ2) is 7.29. The highest BCUT2D eigenvalue weighted by atomic mass is 16.6. The van der Waals surface area contributed by atoms with E-state index in [1.54, 1.807) is 0 Å². The number of likely N-dealkylation sites (N-methyl/N-ethyl adjacent to an activating group) is 1. The maximum atomic E-state index is 11.7. The zero-order chi connectivity index (χ0) is 15.2. The molecule has 0 fully saturated rings. The first kappa shape index (κ1) is 16.5. The Bertz CT molecular complexity index is 412. The van der Waals surface area contributed by atoms with Crippen molar-refractivity contribution in [3.05, 3.63) is 35.9 Å². The molecule has 0 aliphatic carbocycles. The standard InChI is InChI=1S/C16H26N2O2/c1-13(17-15(19)20-16(2,3)4)11-18(5)12-14-9-7-6-8-10-14/h6-10,13H,11-12H2,1-5H3,(H,17,19)/t13-/m1/s1. The second-order valence-corrected chi connectivity index (χ2v) is 6.23. The molecule has 0 bridgehead atoms. The Morgan fingerprint density at radius 1 is 1.30 bits per heavy atom. The van der Waals surface area contributed by atoms with E-state index in [4.69, 9.17) is 4.74 Å². The van der Waals surface area contributed by atoms with E-state index < -0.39 is 5.60 Å². The number of amides is 1. The molecular weight excluding hydrogens is 252 g/mol. The van der Waals surface area contributed by atoms with Gasteiger partial charge in [0.15, 0.2) is 0 Å². The largest absolute Gasteiger partial charge is 0.444 e. The summed E-state index contributed by atoms with van der Waals surface area (Å²) in [7, 11) is 2.04. The molecule has 1 aromatic rings. The Morgan fingerprint density at radius 2 is 1.90 bits per heavy atom. The van der Waals surface area contributed by atoms with Gasteiger partial charge in [-0.25, -0.2) is 4.79 Å². The number of ether oxygens (including phenoxy) is 1. The second-order valence-electron chi connectivity index (χ2n) is 6.23. The first-order chi connectivity index (χ1) is 9.26. The third-order valence-corrected chi connectivity index (χ3v) is 2.64. The Morgan fingerprint density at radius 3 is 2.45 bits per heavy atom. The number of nitrogens with one attached hydrogen (secondary N) is 1. The first-order valence-corrected chi connectivity index (χ1v) is 6.98. The summed E-state index contributed by atoms with van der Waals surface area (Å²) in [6.45, 7) is 9.19. The number of nitrogens with zero attached hydrogens (tertiary/aromatic N) is 1. The minimum Gasteiger partial charge on any atom is -0.444 e. The van der Waals surface area contributed by atoms with Gasteiger partial charge in [-0.1, -0.05) is 30.3 Å². The Hall–Kier alpha value is -1.55. The molecule has 0 spiro atoms. The fraction of sp³-hybridized carbons (Fsp3) is 0.562. The van der Waals surface area contributed by atoms with Gasteiger partial charge in [0, 0.05) is 19.1 Å². The maximum Gasteiger partial charge on any atom is 0.407 e. The first-order valence-electron chi connectivity index (χ1n) is 6.98. The third kappa shape index (κ3) is 7.14. The SMILES string of the molecule is C[C@H](CN(C)Cc1ccccc1)NC(=O)OC(C)(C)C. The molecule has 0 saturated carbocycles. The van der Waals surface area contributed by atoms with Gasteiger partial charge in [0.1, 0.15) is 5.60 Å². The van der Waals surface area contributed by atoms with Crippen LogP contribution < -0.4 is 5.32 Å². The van der Waals surface area contributed by atoms with Gasteiger partial charge in [-0.3, -0.25) is 0 Å². The van der Waals surface area contributed by atoms with Crippen LogP contribution in [0.15, 0.2) is 30.3 Å². The Kier molecular flexibility index (Phi) is 6.02. The molecule has 0 aliphatic heterocycles. The van der Waals surface area contributed by atoms with Gasteiger partial charge < -0.3 is 15.0 Å². The summed E-state index contributed by atoms with van der Waals surface area (Å²) in [5.74, 6) is 0. The number of hydrogen-bond acceptors (Lipinski definition) is 3. The Balaban J connectivity index is 2.34. The summed E-state index contributed by atoms with van der Waals surface area (Å²) in [6, 6.07) is 10.3. The van der Waals surface area contributed by atoms with Crippen LogP contribution in [0.4, 0.5) is 4.79 Å². The van der Waals surface area contributed by atoms with Crippen molar-refractivity contribution in [1.82, 2.24) is 10.2 Å². The van der Waals surface area contributed by atoms with E-state index in [2.05, 4.69) is 22.3 Å². The number of benzene rings is 1. The monoisotopic (exact) mass is 278 g/mol. The van der Waals surface area contributed by atoms with Crippen LogP contribution in [-0.4, -0.2) is 36.2 Å². The van der Waals surface area contributed by atoms with Crippen molar-refractivity contribution in [3.8, 4) is 0 Å². The van der Waals surface area contributed by atoms with Crippen LogP contribution in [0, 0.1) is 0 Å². The number of carbonyl (C=O) groups excluding carboxylic acids is 1. The summed E-state index contributed by atoms with van der Waals surface area (Å²) in [4.78, 5) is 13.8. The van der Waals surface area contributed by atoms with Gasteiger partial charge >= 0.3 is 6.09 Å². The van der Waals surface area contributed by atoms with Gasteiger partial charge in [0.25, 0.3) is 0 Å². The number of hydrogen-bond donors (Lipinski definition) is 1. The van der Waals surface area contributed by atoms with Gasteiger partial charge in [-0.15, -0.1) is 0 Å². The number of alkyl carbamates (subject to hydrolysis) is 1. The van der Waals surface area contributed by atoms with Crippen LogP contribution in [0.25, 0.3) is 0 Å². The number of carbonyl (C=O) groups is 1. The molecule has 0 aromatic heterocycles. The van der Waals surface area contributed by atoms with Gasteiger partial charge in [0.2, 0.25) is 0 Å². The summed E-state index contributed by atoms with van der Waals surface area (Å²) < 4.78 is 5.24. The molecule has 4 nitrogen and oxygen atoms in total. The molecule has 0 saturated heterocycles. The minimum absolute atomic E-state index is 0.0403. The van der Waals surface area contributed by atoms with Crippen molar-refractivity contribution < 1.29 is 9.53 Å². The molecule has 0 aliphatic rings. The summed E-state index contributed by atoms with van der Waals surface area (Å²) in [5.41, 5.74) is 0.805. The molecule has 112 valence electrons. The van der Waals surface area contributed by atoms with Gasteiger partial charge in [-0.2, -0.15) is 0 Å². The molecule has 4 heteroatoms. The van der Waals surface area contributed by atoms with E-state index >= 15 is 0 Å². The van der Waals surface area contributed by atoms with Gasteiger partial charge in [0.05, 0.1) is 0 Å². The van der Waals surface area contributed by atoms with Crippen molar-refractivity contribution in [2.45, 2.75) is 45.9 Å². The van der Waals surface area contributed by atoms with E-state index in [0.717, 1.165) is 13.1 Å². The quantitative estimate of drug-likeness (QED) is 0.900. The van der Waals surface area contributed by atoms with Crippen LogP contribution in [-0.2, 0) is 11.3 Å². The molecule has 1 amide bonds. The lowest BCUT2D eigenvalue weighted by Gasteiger charge is -2.24. The smallest absolute Gasteiger partial charge is 0.407 e. The highest BCUT2D eigenvalue weighted by molar-refractivity contribution is 5.68. The predicted molar refractivity (Wildman–Crippen MR) is 81.6 cm³/mol. The average Bonchev–Trinajstić information content (AvgIpc) is 2.26. The van der Waals surface area contributed by atoms with Crippen molar-refractivity contribution >= 4 is 6.09 Å². The lowest BCUT2D eigenvalue weighted by molar-refractivity contribution is 0.0499. The van der Waals surface area contributed by atoms with Crippen LogP contribution in [0.2, 0.25) is 0 Å². The third-order valence-electron chi connectivity index (χ3n) is 2.64. The van der Waals surface area contributed by atoms with Gasteiger partial charge in [-0.05, 0) is 40.3 Å². The molecule has 1 rings (SSSR count). The molecule has 1 aromatic carbocycles. The molecule has 1 atom stereocenters. The van der Waals surface area contributed by atoms with Crippen molar-refractivity contribution in [2.24, 2.45) is 0 Å². The maximum absolute atomic E-state index is 11.7. The lowest BCUT2D eigenvalue weighted by atomic mass is 10.2. The van der Waals surface area contributed by atoms with E-state index in [-0.39, 0.29) is 12.1 Å². The summed E-state index contributed by atoms with van der Waals surface area (Å²) in [5, 5.41) is 2.85. The minimum atomic E-state index is -0.459. The average molecular weight is 278 g/mol. The van der Waals surface area contributed by atoms with E-state index in [9.17, 15) is 4.79 Å². The summed E-state index contributed by atoms with van der Waals surface area (Å²) >= 11 is 0. The highest BCUT2D eigenvalue weighted by Gasteiger charge is 2.18. The normalized spacial score (nSPS) is 13.1. The summed E-state index contributed by atoms with van der Waals surface area (Å²) in [6.07, 6.45) is -0.363. The van der Waals surface area contributed by atoms with Crippen LogP contribution in [0.5, 0.6) is 0 Å². The van der Waals surface area contributed by atoms with Crippen LogP contribution in [0.1, 0.15) is 33.3 Å². The van der Waals surface area contributed by atoms with E-state index in [0.29, 0.717) is 0 Å². The molecule has 20 heavy (non-hydrogen) atoms. The lowest BCUT2D eigenvalue weighted by Crippen LogP contribution is -2.42. The Labute approximate surface area is 122 Å². The van der Waals surface area contributed by atoms with Crippen molar-refractivity contribution in [3.63, 3.8) is 0 Å². The van der Waals surface area contributed by atoms with Crippen LogP contribution >= 0.6 is 0 Å². The molecule has 1 N–H and O–H groups in total. The predicted octanol–water partition coefficient (Wildman–Crippen LogP) is 3.03. The van der Waals surface area contributed by atoms with Crippen molar-refractivity contribution in [2.75, 3.05) is 13.6 Å². The molecular formula is C16H26N2O2. The molecule has 0 unspecified atom stereocenters. The zero-order valence-corrected chi connectivity index (χ0v) is 13.1. The zero-order valence-electron chi connectivity index (χ0n) is 13.1. The topological polar surface area (TPSA) is 41.6 Å².